The number of benzene rings is 3. The molecule has 3 heteroatoms. The van der Waals surface area contributed by atoms with E-state index in [1.165, 1.54) is 22.0 Å². The molecule has 0 aromatic heterocycles. The third kappa shape index (κ3) is 6.12. The minimum Gasteiger partial charge on any atom is -0.528 e. The molecular weight excluding hydrogens is 458 g/mol. The predicted octanol–water partition coefficient (Wildman–Crippen LogP) is 5.47. The Morgan fingerprint density at radius 3 is 1.24 bits per heavy atom. The third-order valence-electron chi connectivity index (χ3n) is 5.22. The Morgan fingerprint density at radius 1 is 0.690 bits per heavy atom. The van der Waals surface area contributed by atoms with E-state index in [0.717, 1.165) is 0 Å². The molecule has 0 spiro atoms. The van der Waals surface area contributed by atoms with E-state index < -0.39 is 7.92 Å². The third-order valence-corrected chi connectivity index (χ3v) is 7.66. The fourth-order valence-electron chi connectivity index (χ4n) is 3.16. The van der Waals surface area contributed by atoms with Crippen LogP contribution in [0.3, 0.4) is 0 Å². The average Bonchev–Trinajstić information content (AvgIpc) is 2.97. The fraction of sp³-hybridized carbons (Fsp3) is 0.192. The summed E-state index contributed by atoms with van der Waals surface area (Å²) >= 11 is 0. The maximum atomic E-state index is 2.23. The summed E-state index contributed by atoms with van der Waals surface area (Å²) in [4.78, 5) is 2.17. The molecule has 1 heterocycles. The Morgan fingerprint density at radius 2 is 1.03 bits per heavy atom. The van der Waals surface area contributed by atoms with Crippen LogP contribution in [0.1, 0.15) is 20.8 Å². The number of hydrogen-bond donors (Lipinski definition) is 0. The van der Waals surface area contributed by atoms with E-state index in [9.17, 15) is 0 Å². The Kier molecular flexibility index (Phi) is 8.82. The molecule has 0 fully saturated rings. The van der Waals surface area contributed by atoms with Gasteiger partial charge in [0.25, 0.3) is 0 Å². The molecule has 4 rings (SSSR count). The van der Waals surface area contributed by atoms with Crippen LogP contribution >= 0.6 is 7.92 Å². The molecule has 0 atom stereocenters. The molecule has 0 amide bonds. The van der Waals surface area contributed by atoms with Crippen molar-refractivity contribution in [3.63, 3.8) is 0 Å². The Labute approximate surface area is 190 Å². The molecule has 151 valence electrons. The molecule has 1 nitrogen and oxygen atoms in total. The van der Waals surface area contributed by atoms with Gasteiger partial charge < -0.3 is 4.90 Å². The molecule has 0 unspecified atom stereocenters. The van der Waals surface area contributed by atoms with E-state index in [1.807, 2.05) is 0 Å². The quantitative estimate of drug-likeness (QED) is 0.269. The van der Waals surface area contributed by atoms with Gasteiger partial charge in [-0.3, -0.25) is 0 Å². The summed E-state index contributed by atoms with van der Waals surface area (Å²) < 4.78 is 0. The van der Waals surface area contributed by atoms with Crippen molar-refractivity contribution in [1.82, 2.24) is 4.90 Å². The van der Waals surface area contributed by atoms with Crippen LogP contribution in [0.25, 0.3) is 0 Å². The van der Waals surface area contributed by atoms with Crippen molar-refractivity contribution in [3.05, 3.63) is 109 Å². The van der Waals surface area contributed by atoms with Gasteiger partial charge in [-0.05, 0) is 37.1 Å². The molecule has 0 saturated heterocycles. The summed E-state index contributed by atoms with van der Waals surface area (Å²) in [5, 5.41) is 4.19. The normalized spacial score (nSPS) is 14.9. The Bertz CT molecular complexity index is 784. The summed E-state index contributed by atoms with van der Waals surface area (Å²) in [5.41, 5.74) is 0.286. The first-order valence-electron chi connectivity index (χ1n) is 9.70. The van der Waals surface area contributed by atoms with Gasteiger partial charge in [0.15, 0.2) is 0 Å². The van der Waals surface area contributed by atoms with Gasteiger partial charge >= 0.3 is 19.5 Å². The number of hydrogen-bond acceptors (Lipinski definition) is 1. The van der Waals surface area contributed by atoms with Gasteiger partial charge in [0.05, 0.1) is 0 Å². The van der Waals surface area contributed by atoms with E-state index >= 15 is 0 Å². The first-order valence-corrected chi connectivity index (χ1v) is 11.0. The Hall–Kier alpha value is -1.75. The molecule has 3 aromatic carbocycles. The van der Waals surface area contributed by atoms with Crippen molar-refractivity contribution >= 4 is 23.8 Å². The van der Waals surface area contributed by atoms with Gasteiger partial charge in [0, 0.05) is 0 Å². The molecule has 3 aromatic rings. The summed E-state index contributed by atoms with van der Waals surface area (Å²) in [6, 6.07) is 33.7. The van der Waals surface area contributed by atoms with E-state index in [4.69, 9.17) is 0 Å². The first kappa shape index (κ1) is 23.5. The van der Waals surface area contributed by atoms with Gasteiger partial charge in [0.2, 0.25) is 0 Å². The molecule has 0 saturated carbocycles. The molecule has 0 aliphatic carbocycles. The van der Waals surface area contributed by atoms with Crippen molar-refractivity contribution in [1.29, 1.82) is 0 Å². The van der Waals surface area contributed by atoms with Gasteiger partial charge in [-0.1, -0.05) is 111 Å². The summed E-state index contributed by atoms with van der Waals surface area (Å²) in [6.45, 7) is 6.62. The standard InChI is InChI=1S/C18H15P.C8H14N.Ru/c1-4-10-16(11-5-1)19(17-12-6-2-7-13-17)18-14-8-3-9-15-18;1-7-8(2,3)5-6-9(7)4;/h1-15H;5-6H,1-4H3;/q;-1;+1. The van der Waals surface area contributed by atoms with Crippen LogP contribution in [-0.2, 0) is 19.5 Å². The van der Waals surface area contributed by atoms with Crippen molar-refractivity contribution in [2.24, 2.45) is 5.41 Å². The van der Waals surface area contributed by atoms with Crippen molar-refractivity contribution in [2.75, 3.05) is 7.05 Å². The van der Waals surface area contributed by atoms with Gasteiger partial charge in [-0.2, -0.15) is 6.92 Å². The molecule has 0 N–H and O–H groups in total. The monoisotopic (exact) mass is 488 g/mol. The van der Waals surface area contributed by atoms with Crippen LogP contribution in [-0.4, -0.2) is 11.9 Å². The fourth-order valence-corrected chi connectivity index (χ4v) is 5.47. The SMILES string of the molecule is C[C-]1N(C)C=CC1(C)C.[Ru+].c1ccc(P(c2ccccc2)c2ccccc2)cc1. The van der Waals surface area contributed by atoms with Crippen molar-refractivity contribution in [2.45, 2.75) is 20.8 Å². The predicted molar refractivity (Wildman–Crippen MR) is 125 cm³/mol. The van der Waals surface area contributed by atoms with Crippen LogP contribution in [0.4, 0.5) is 0 Å². The zero-order chi connectivity index (χ0) is 20.0. The average molecular weight is 488 g/mol. The first-order chi connectivity index (χ1) is 13.5. The van der Waals surface area contributed by atoms with Gasteiger partial charge in [0.1, 0.15) is 0 Å². The number of rotatable bonds is 3. The molecule has 1 aliphatic heterocycles. The second kappa shape index (κ2) is 10.9. The van der Waals surface area contributed by atoms with Gasteiger partial charge in [-0.25, -0.2) is 6.04 Å². The summed E-state index contributed by atoms with van der Waals surface area (Å²) in [5.74, 6) is 0. The molecular formula is C26H29NPRu. The van der Waals surface area contributed by atoms with E-state index in [-0.39, 0.29) is 24.9 Å². The van der Waals surface area contributed by atoms with Crippen LogP contribution in [0, 0.1) is 11.5 Å². The molecule has 1 radical (unpaired) electrons. The Balaban J connectivity index is 0.000000255. The molecule has 29 heavy (non-hydrogen) atoms. The van der Waals surface area contributed by atoms with Gasteiger partial charge in [-0.15, -0.1) is 5.41 Å². The van der Waals surface area contributed by atoms with E-state index in [1.54, 1.807) is 0 Å². The molecule has 0 bridgehead atoms. The second-order valence-electron chi connectivity index (χ2n) is 7.58. The largest absolute Gasteiger partial charge is 1.00 e. The minimum absolute atomic E-state index is 0. The topological polar surface area (TPSA) is 3.24 Å². The van der Waals surface area contributed by atoms with Crippen molar-refractivity contribution in [3.8, 4) is 0 Å². The number of nitrogens with zero attached hydrogens (tertiary/aromatic N) is 1. The van der Waals surface area contributed by atoms with Crippen LogP contribution < -0.4 is 15.9 Å². The van der Waals surface area contributed by atoms with Crippen LogP contribution in [0.5, 0.6) is 0 Å². The maximum Gasteiger partial charge on any atom is 1.00 e. The second-order valence-corrected chi connectivity index (χ2v) is 9.80. The molecule has 1 aliphatic rings. The van der Waals surface area contributed by atoms with Crippen LogP contribution in [0.2, 0.25) is 0 Å². The zero-order valence-corrected chi connectivity index (χ0v) is 20.2. The minimum atomic E-state index is -0.446. The summed E-state index contributed by atoms with van der Waals surface area (Å²) in [6.07, 6.45) is 4.34. The van der Waals surface area contributed by atoms with Crippen LogP contribution in [0.15, 0.2) is 103 Å². The van der Waals surface area contributed by atoms with E-state index in [0.29, 0.717) is 0 Å². The zero-order valence-electron chi connectivity index (χ0n) is 17.6. The maximum absolute atomic E-state index is 2.23. The van der Waals surface area contributed by atoms with E-state index in [2.05, 4.69) is 136 Å². The van der Waals surface area contributed by atoms with Crippen molar-refractivity contribution < 1.29 is 19.5 Å². The smallest absolute Gasteiger partial charge is 0.528 e. The summed E-state index contributed by atoms with van der Waals surface area (Å²) in [7, 11) is 1.64.